The van der Waals surface area contributed by atoms with Gasteiger partial charge in [0.05, 0.1) is 44.9 Å². The summed E-state index contributed by atoms with van der Waals surface area (Å²) < 4.78 is 18.7. The van der Waals surface area contributed by atoms with E-state index in [0.29, 0.717) is 60.0 Å². The van der Waals surface area contributed by atoms with Crippen molar-refractivity contribution >= 4 is 23.2 Å². The summed E-state index contributed by atoms with van der Waals surface area (Å²) in [6.07, 6.45) is 7.36. The number of fused-ring (bicyclic) bond motifs is 3. The first-order valence-electron chi connectivity index (χ1n) is 14.1. The van der Waals surface area contributed by atoms with Gasteiger partial charge >= 0.3 is 0 Å². The molecule has 2 amide bonds. The molecular formula is C31H39N5O6. The number of carbonyl (C=O) groups excluding carboxylic acids is 2. The molecule has 11 heteroatoms. The lowest BCUT2D eigenvalue weighted by atomic mass is 9.95. The average Bonchev–Trinajstić information content (AvgIpc) is 3.22. The molecule has 0 radical (unpaired) electrons. The highest BCUT2D eigenvalue weighted by molar-refractivity contribution is 5.90. The molecule has 0 aliphatic heterocycles. The van der Waals surface area contributed by atoms with Gasteiger partial charge in [0.15, 0.2) is 11.5 Å². The van der Waals surface area contributed by atoms with Crippen molar-refractivity contribution < 1.29 is 23.8 Å². The Bertz CT molecular complexity index is 1500. The molecule has 3 N–H and O–H groups in total. The number of methoxy groups -OCH3 is 3. The molecule has 1 aliphatic carbocycles. The third-order valence-electron chi connectivity index (χ3n) is 7.30. The van der Waals surface area contributed by atoms with Gasteiger partial charge in [0, 0.05) is 38.7 Å². The Kier molecular flexibility index (Phi) is 10.1. The first-order valence-corrected chi connectivity index (χ1v) is 14.1. The predicted octanol–water partition coefficient (Wildman–Crippen LogP) is 4.21. The molecule has 4 rings (SSSR count). The number of aryl methyl sites for hydroxylation is 2. The number of nitrogens with one attached hydrogen (secondary N) is 3. The van der Waals surface area contributed by atoms with E-state index in [0.717, 1.165) is 36.0 Å². The number of ether oxygens (including phenoxy) is 3. The van der Waals surface area contributed by atoms with Gasteiger partial charge in [0.1, 0.15) is 0 Å². The van der Waals surface area contributed by atoms with Crippen molar-refractivity contribution in [3.8, 4) is 28.4 Å². The molecule has 0 unspecified atom stereocenters. The van der Waals surface area contributed by atoms with Gasteiger partial charge < -0.3 is 30.2 Å². The summed E-state index contributed by atoms with van der Waals surface area (Å²) in [5.74, 6) is 1.30. The van der Waals surface area contributed by atoms with Crippen LogP contribution in [0, 0.1) is 0 Å². The van der Waals surface area contributed by atoms with Gasteiger partial charge in [-0.2, -0.15) is 5.10 Å². The highest BCUT2D eigenvalue weighted by Crippen LogP contribution is 2.50. The summed E-state index contributed by atoms with van der Waals surface area (Å²) in [5, 5.41) is 13.2. The fourth-order valence-corrected chi connectivity index (χ4v) is 5.37. The first kappa shape index (κ1) is 30.4. The Labute approximate surface area is 245 Å². The second kappa shape index (κ2) is 13.9. The van der Waals surface area contributed by atoms with Crippen LogP contribution < -0.4 is 35.6 Å². The lowest BCUT2D eigenvalue weighted by Crippen LogP contribution is -2.26. The van der Waals surface area contributed by atoms with E-state index in [4.69, 9.17) is 14.2 Å². The number of nitrogens with zero attached hydrogens (tertiary/aromatic N) is 2. The highest BCUT2D eigenvalue weighted by atomic mass is 16.5. The minimum atomic E-state index is -0.364. The molecule has 0 saturated heterocycles. The summed E-state index contributed by atoms with van der Waals surface area (Å²) in [6, 6.07) is 6.84. The molecule has 1 aliphatic rings. The van der Waals surface area contributed by atoms with E-state index in [1.165, 1.54) is 6.92 Å². The monoisotopic (exact) mass is 577 g/mol. The molecular weight excluding hydrogens is 538 g/mol. The number of aromatic nitrogens is 2. The maximum atomic E-state index is 13.4. The van der Waals surface area contributed by atoms with Crippen molar-refractivity contribution in [1.29, 1.82) is 0 Å². The summed E-state index contributed by atoms with van der Waals surface area (Å²) in [6.45, 7) is 2.05. The lowest BCUT2D eigenvalue weighted by Gasteiger charge is -2.19. The number of hydrogen-bond donors (Lipinski definition) is 3. The van der Waals surface area contributed by atoms with Crippen molar-refractivity contribution in [2.24, 2.45) is 7.05 Å². The largest absolute Gasteiger partial charge is 0.493 e. The number of rotatable bonds is 12. The second-order valence-electron chi connectivity index (χ2n) is 10.3. The fourth-order valence-electron chi connectivity index (χ4n) is 5.37. The first-order chi connectivity index (χ1) is 20.2. The van der Waals surface area contributed by atoms with E-state index in [1.807, 2.05) is 12.1 Å². The molecule has 0 saturated carbocycles. The quantitative estimate of drug-likeness (QED) is 0.273. The molecule has 1 aromatic heterocycles. The molecule has 2 aromatic carbocycles. The zero-order valence-corrected chi connectivity index (χ0v) is 24.8. The topological polar surface area (TPSA) is 133 Å². The van der Waals surface area contributed by atoms with Crippen LogP contribution in [0.4, 0.5) is 11.4 Å². The maximum Gasteiger partial charge on any atom is 0.224 e. The molecule has 224 valence electrons. The van der Waals surface area contributed by atoms with E-state index in [1.54, 1.807) is 57.6 Å². The summed E-state index contributed by atoms with van der Waals surface area (Å²) in [5.41, 5.74) is 4.24. The minimum absolute atomic E-state index is 0.0481. The van der Waals surface area contributed by atoms with Crippen LogP contribution >= 0.6 is 0 Å². The summed E-state index contributed by atoms with van der Waals surface area (Å²) in [4.78, 5) is 37.7. The average molecular weight is 578 g/mol. The number of benzene rings is 1. The summed E-state index contributed by atoms with van der Waals surface area (Å²) in [7, 11) is 6.50. The van der Waals surface area contributed by atoms with E-state index >= 15 is 0 Å². The SMILES string of the molecule is COc1cc2c(c(OC)c1OC)-c1ccc(NCCCCCC(=O)Nc3cnn(C)c3)c(=O)cc1[C@H](NC(C)=O)CC2. The van der Waals surface area contributed by atoms with Gasteiger partial charge in [-0.05, 0) is 60.6 Å². The van der Waals surface area contributed by atoms with Gasteiger partial charge in [-0.3, -0.25) is 19.1 Å². The van der Waals surface area contributed by atoms with E-state index in [9.17, 15) is 14.4 Å². The number of amides is 2. The Morgan fingerprint density at radius 2 is 1.83 bits per heavy atom. The van der Waals surface area contributed by atoms with Crippen LogP contribution in [-0.2, 0) is 23.1 Å². The van der Waals surface area contributed by atoms with Crippen LogP contribution in [0.5, 0.6) is 17.2 Å². The zero-order chi connectivity index (χ0) is 30.2. The number of anilines is 2. The summed E-state index contributed by atoms with van der Waals surface area (Å²) >= 11 is 0. The standard InChI is InChI=1S/C31H39N5O6/c1-19(37)34-24-12-10-20-15-27(40-3)30(41-4)31(42-5)29(20)22-11-13-25(26(38)16-23(22)24)32-14-8-6-7-9-28(39)35-21-17-33-36(2)18-21/h11,13,15-18,24H,6-10,12,14H2,1-5H3,(H,32,38)(H,34,37)(H,35,39)/t24-/m1/s1. The molecule has 1 heterocycles. The van der Waals surface area contributed by atoms with Gasteiger partial charge in [0.2, 0.25) is 23.0 Å². The molecule has 11 nitrogen and oxygen atoms in total. The Balaban J connectivity index is 1.53. The Morgan fingerprint density at radius 1 is 1.05 bits per heavy atom. The van der Waals surface area contributed by atoms with Crippen molar-refractivity contribution in [2.45, 2.75) is 51.5 Å². The second-order valence-corrected chi connectivity index (χ2v) is 10.3. The van der Waals surface area contributed by atoms with Crippen LogP contribution in [0.25, 0.3) is 11.1 Å². The van der Waals surface area contributed by atoms with Crippen molar-refractivity contribution in [3.05, 3.63) is 58.0 Å². The van der Waals surface area contributed by atoms with E-state index in [2.05, 4.69) is 21.0 Å². The zero-order valence-electron chi connectivity index (χ0n) is 24.8. The number of carbonyl (C=O) groups is 2. The van der Waals surface area contributed by atoms with Crippen molar-refractivity contribution in [2.75, 3.05) is 38.5 Å². The number of unbranched alkanes of at least 4 members (excludes halogenated alkanes) is 2. The molecule has 0 spiro atoms. The van der Waals surface area contributed by atoms with Crippen LogP contribution in [0.15, 0.2) is 41.5 Å². The molecule has 0 fully saturated rings. The third-order valence-corrected chi connectivity index (χ3v) is 7.30. The normalized spacial score (nSPS) is 13.7. The smallest absolute Gasteiger partial charge is 0.224 e. The van der Waals surface area contributed by atoms with Crippen LogP contribution in [0.1, 0.15) is 56.2 Å². The van der Waals surface area contributed by atoms with E-state index < -0.39 is 0 Å². The fraction of sp³-hybridized carbons (Fsp3) is 0.419. The molecule has 42 heavy (non-hydrogen) atoms. The van der Waals surface area contributed by atoms with Crippen molar-refractivity contribution in [1.82, 2.24) is 15.1 Å². The highest BCUT2D eigenvalue weighted by Gasteiger charge is 2.29. The van der Waals surface area contributed by atoms with Gasteiger partial charge in [-0.25, -0.2) is 0 Å². The van der Waals surface area contributed by atoms with Crippen molar-refractivity contribution in [3.63, 3.8) is 0 Å². The van der Waals surface area contributed by atoms with E-state index in [-0.39, 0.29) is 23.3 Å². The molecule has 3 aromatic rings. The van der Waals surface area contributed by atoms with Crippen LogP contribution in [0.2, 0.25) is 0 Å². The third kappa shape index (κ3) is 7.02. The Morgan fingerprint density at radius 3 is 2.50 bits per heavy atom. The predicted molar refractivity (Wildman–Crippen MR) is 161 cm³/mol. The minimum Gasteiger partial charge on any atom is -0.493 e. The van der Waals surface area contributed by atoms with Gasteiger partial charge in [-0.1, -0.05) is 12.5 Å². The molecule has 0 bridgehead atoms. The molecule has 1 atom stereocenters. The lowest BCUT2D eigenvalue weighted by molar-refractivity contribution is -0.119. The van der Waals surface area contributed by atoms with Crippen LogP contribution in [0.3, 0.4) is 0 Å². The van der Waals surface area contributed by atoms with Crippen LogP contribution in [-0.4, -0.2) is 49.5 Å². The van der Waals surface area contributed by atoms with Gasteiger partial charge in [0.25, 0.3) is 0 Å². The van der Waals surface area contributed by atoms with Gasteiger partial charge in [-0.15, -0.1) is 0 Å². The number of hydrogen-bond acceptors (Lipinski definition) is 8. The Hall–Kier alpha value is -4.54. The maximum absolute atomic E-state index is 13.4.